The van der Waals surface area contributed by atoms with Crippen LogP contribution in [0.25, 0.3) is 0 Å². The number of carbonyl (C=O) groups is 2. The normalized spacial score (nSPS) is 11.7. The molecule has 0 fully saturated rings. The van der Waals surface area contributed by atoms with Gasteiger partial charge in [-0.2, -0.15) is 0 Å². The lowest BCUT2D eigenvalue weighted by Gasteiger charge is -2.20. The average Bonchev–Trinajstić information content (AvgIpc) is 2.50. The highest BCUT2D eigenvalue weighted by atomic mass is 16.5. The second-order valence-electron chi connectivity index (χ2n) is 5.47. The van der Waals surface area contributed by atoms with Crippen molar-refractivity contribution in [2.45, 2.75) is 33.7 Å². The van der Waals surface area contributed by atoms with E-state index in [1.165, 1.54) is 6.92 Å². The molecule has 0 spiro atoms. The van der Waals surface area contributed by atoms with Crippen LogP contribution in [0.3, 0.4) is 0 Å². The molecule has 23 heavy (non-hydrogen) atoms. The topological polar surface area (TPSA) is 76.7 Å². The smallest absolute Gasteiger partial charge is 0.242 e. The van der Waals surface area contributed by atoms with E-state index >= 15 is 0 Å². The van der Waals surface area contributed by atoms with Crippen LogP contribution >= 0.6 is 0 Å². The Morgan fingerprint density at radius 1 is 1.09 bits per heavy atom. The van der Waals surface area contributed by atoms with Gasteiger partial charge in [-0.05, 0) is 37.1 Å². The molecule has 0 aliphatic rings. The Morgan fingerprint density at radius 2 is 1.65 bits per heavy atom. The standard InChI is InChI=1S/C17H26N2O4/c1-5-22-14-6-8-15(9-7-14)23-11-10-18-17(21)16(12(2)3)19-13(4)20/h6-9,12,16H,5,10-11H2,1-4H3,(H,18,21)(H,19,20)/t16-/m0/s1. The third-order valence-corrected chi connectivity index (χ3v) is 3.11. The molecule has 0 aliphatic heterocycles. The molecule has 0 radical (unpaired) electrons. The minimum atomic E-state index is -0.530. The molecular weight excluding hydrogens is 296 g/mol. The average molecular weight is 322 g/mol. The molecule has 1 rings (SSSR count). The summed E-state index contributed by atoms with van der Waals surface area (Å²) in [5.74, 6) is 1.11. The molecule has 1 aromatic carbocycles. The molecule has 1 aromatic rings. The summed E-state index contributed by atoms with van der Waals surface area (Å²) in [7, 11) is 0. The van der Waals surface area contributed by atoms with Crippen molar-refractivity contribution in [2.75, 3.05) is 19.8 Å². The second-order valence-corrected chi connectivity index (χ2v) is 5.47. The van der Waals surface area contributed by atoms with Gasteiger partial charge < -0.3 is 20.1 Å². The molecule has 6 nitrogen and oxygen atoms in total. The van der Waals surface area contributed by atoms with Crippen molar-refractivity contribution in [3.8, 4) is 11.5 Å². The quantitative estimate of drug-likeness (QED) is 0.679. The molecule has 2 amide bonds. The van der Waals surface area contributed by atoms with E-state index in [0.29, 0.717) is 25.5 Å². The molecular formula is C17H26N2O4. The first-order chi connectivity index (χ1) is 10.9. The van der Waals surface area contributed by atoms with Gasteiger partial charge in [0.25, 0.3) is 0 Å². The summed E-state index contributed by atoms with van der Waals surface area (Å²) < 4.78 is 10.9. The first-order valence-electron chi connectivity index (χ1n) is 7.84. The Balaban J connectivity index is 2.35. The molecule has 128 valence electrons. The van der Waals surface area contributed by atoms with Crippen molar-refractivity contribution >= 4 is 11.8 Å². The summed E-state index contributed by atoms with van der Waals surface area (Å²) in [6.45, 7) is 8.44. The van der Waals surface area contributed by atoms with Crippen LogP contribution in [0.1, 0.15) is 27.7 Å². The molecule has 0 heterocycles. The third-order valence-electron chi connectivity index (χ3n) is 3.11. The molecule has 0 aromatic heterocycles. The molecule has 1 atom stereocenters. The summed E-state index contributed by atoms with van der Waals surface area (Å²) in [6, 6.07) is 6.78. The van der Waals surface area contributed by atoms with Gasteiger partial charge in [-0.15, -0.1) is 0 Å². The first kappa shape index (κ1) is 18.8. The fourth-order valence-corrected chi connectivity index (χ4v) is 2.01. The first-order valence-corrected chi connectivity index (χ1v) is 7.84. The maximum absolute atomic E-state index is 12.1. The van der Waals surface area contributed by atoms with Gasteiger partial charge in [-0.3, -0.25) is 9.59 Å². The van der Waals surface area contributed by atoms with Gasteiger partial charge in [0.1, 0.15) is 24.1 Å². The Bertz CT molecular complexity index is 500. The second kappa shape index (κ2) is 9.71. The van der Waals surface area contributed by atoms with Crippen molar-refractivity contribution in [1.29, 1.82) is 0 Å². The van der Waals surface area contributed by atoms with E-state index < -0.39 is 6.04 Å². The number of rotatable bonds is 9. The molecule has 0 bridgehead atoms. The Hall–Kier alpha value is -2.24. The van der Waals surface area contributed by atoms with Crippen LogP contribution in [-0.2, 0) is 9.59 Å². The van der Waals surface area contributed by atoms with Gasteiger partial charge in [0.15, 0.2) is 0 Å². The van der Waals surface area contributed by atoms with Gasteiger partial charge in [0, 0.05) is 6.92 Å². The van der Waals surface area contributed by atoms with Crippen LogP contribution in [0, 0.1) is 5.92 Å². The molecule has 0 saturated carbocycles. The predicted octanol–water partition coefficient (Wildman–Crippen LogP) is 1.74. The summed E-state index contributed by atoms with van der Waals surface area (Å²) in [5.41, 5.74) is 0. The zero-order chi connectivity index (χ0) is 17.2. The zero-order valence-electron chi connectivity index (χ0n) is 14.2. The fraction of sp³-hybridized carbons (Fsp3) is 0.529. The van der Waals surface area contributed by atoms with Crippen LogP contribution in [0.2, 0.25) is 0 Å². The maximum Gasteiger partial charge on any atom is 0.242 e. The van der Waals surface area contributed by atoms with Gasteiger partial charge in [-0.25, -0.2) is 0 Å². The van der Waals surface area contributed by atoms with Crippen molar-refractivity contribution in [3.05, 3.63) is 24.3 Å². The van der Waals surface area contributed by atoms with E-state index in [9.17, 15) is 9.59 Å². The highest BCUT2D eigenvalue weighted by Crippen LogP contribution is 2.17. The fourth-order valence-electron chi connectivity index (χ4n) is 2.01. The van der Waals surface area contributed by atoms with Gasteiger partial charge in [-0.1, -0.05) is 13.8 Å². The summed E-state index contributed by atoms with van der Waals surface area (Å²) in [6.07, 6.45) is 0. The summed E-state index contributed by atoms with van der Waals surface area (Å²) in [4.78, 5) is 23.2. The number of nitrogens with one attached hydrogen (secondary N) is 2. The van der Waals surface area contributed by atoms with Crippen molar-refractivity contribution in [1.82, 2.24) is 10.6 Å². The predicted molar refractivity (Wildman–Crippen MR) is 88.6 cm³/mol. The van der Waals surface area contributed by atoms with E-state index in [4.69, 9.17) is 9.47 Å². The summed E-state index contributed by atoms with van der Waals surface area (Å²) >= 11 is 0. The van der Waals surface area contributed by atoms with Crippen LogP contribution in [0.5, 0.6) is 11.5 Å². The number of carbonyl (C=O) groups excluding carboxylic acids is 2. The highest BCUT2D eigenvalue weighted by molar-refractivity contribution is 5.86. The molecule has 0 aliphatic carbocycles. The number of ether oxygens (including phenoxy) is 2. The van der Waals surface area contributed by atoms with E-state index in [-0.39, 0.29) is 17.7 Å². The highest BCUT2D eigenvalue weighted by Gasteiger charge is 2.22. The lowest BCUT2D eigenvalue weighted by atomic mass is 10.0. The Labute approximate surface area is 137 Å². The van der Waals surface area contributed by atoms with Crippen LogP contribution < -0.4 is 20.1 Å². The summed E-state index contributed by atoms with van der Waals surface area (Å²) in [5, 5.41) is 5.42. The third kappa shape index (κ3) is 7.04. The largest absolute Gasteiger partial charge is 0.494 e. The Morgan fingerprint density at radius 3 is 2.13 bits per heavy atom. The molecule has 2 N–H and O–H groups in total. The molecule has 0 unspecified atom stereocenters. The van der Waals surface area contributed by atoms with E-state index in [0.717, 1.165) is 5.75 Å². The minimum absolute atomic E-state index is 0.0194. The zero-order valence-corrected chi connectivity index (χ0v) is 14.2. The van der Waals surface area contributed by atoms with Crippen LogP contribution in [0.15, 0.2) is 24.3 Å². The van der Waals surface area contributed by atoms with Gasteiger partial charge >= 0.3 is 0 Å². The maximum atomic E-state index is 12.1. The van der Waals surface area contributed by atoms with Crippen molar-refractivity contribution < 1.29 is 19.1 Å². The van der Waals surface area contributed by atoms with E-state index in [1.54, 1.807) is 0 Å². The van der Waals surface area contributed by atoms with E-state index in [1.807, 2.05) is 45.0 Å². The van der Waals surface area contributed by atoms with E-state index in [2.05, 4.69) is 10.6 Å². The number of amides is 2. The number of benzene rings is 1. The molecule has 0 saturated heterocycles. The van der Waals surface area contributed by atoms with Crippen molar-refractivity contribution in [3.63, 3.8) is 0 Å². The van der Waals surface area contributed by atoms with Crippen molar-refractivity contribution in [2.24, 2.45) is 5.92 Å². The lowest BCUT2D eigenvalue weighted by molar-refractivity contribution is -0.129. The SMILES string of the molecule is CCOc1ccc(OCCNC(=O)[C@@H](NC(C)=O)C(C)C)cc1. The number of hydrogen-bond acceptors (Lipinski definition) is 4. The molecule has 6 heteroatoms. The van der Waals surface area contributed by atoms with Gasteiger partial charge in [0.2, 0.25) is 11.8 Å². The number of hydrogen-bond donors (Lipinski definition) is 2. The minimum Gasteiger partial charge on any atom is -0.494 e. The monoisotopic (exact) mass is 322 g/mol. The lowest BCUT2D eigenvalue weighted by Crippen LogP contribution is -2.49. The van der Waals surface area contributed by atoms with Crippen LogP contribution in [0.4, 0.5) is 0 Å². The Kier molecular flexibility index (Phi) is 7.94. The van der Waals surface area contributed by atoms with Crippen LogP contribution in [-0.4, -0.2) is 37.6 Å². The van der Waals surface area contributed by atoms with Gasteiger partial charge in [0.05, 0.1) is 13.2 Å².